The second kappa shape index (κ2) is 5.55. The third kappa shape index (κ3) is 2.50. The van der Waals surface area contributed by atoms with Gasteiger partial charge in [-0.05, 0) is 6.92 Å². The maximum atomic E-state index is 11.3. The molecule has 0 aromatic heterocycles. The van der Waals surface area contributed by atoms with Crippen LogP contribution in [0.15, 0.2) is 0 Å². The Morgan fingerprint density at radius 2 is 1.88 bits per heavy atom. The van der Waals surface area contributed by atoms with Gasteiger partial charge in [-0.3, -0.25) is 0 Å². The van der Waals surface area contributed by atoms with Crippen LogP contribution < -0.4 is 0 Å². The molecule has 1 fully saturated rings. The number of rotatable bonds is 3. The Hall–Kier alpha value is -0.730. The number of hydrogen-bond donors (Lipinski definition) is 4. The van der Waals surface area contributed by atoms with Crippen molar-refractivity contribution in [3.8, 4) is 0 Å². The highest BCUT2D eigenvalue weighted by atomic mass is 16.6. The molecular weight excluding hydrogens is 220 g/mol. The standard InChI is InChI=1S/C9H16O7/c1-2-15-9(14)8-7(13)6(12)5(11)4(3-10)16-8/h4-8,10-13H,2-3H2,1H3/t4-,5?,6?,7?,8?/m1/s1. The first kappa shape index (κ1) is 13.3. The number of esters is 1. The van der Waals surface area contributed by atoms with Gasteiger partial charge in [-0.15, -0.1) is 0 Å². The normalized spacial score (nSPS) is 39.4. The Morgan fingerprint density at radius 1 is 1.25 bits per heavy atom. The third-order valence-corrected chi connectivity index (χ3v) is 2.41. The van der Waals surface area contributed by atoms with Crippen LogP contribution in [0.3, 0.4) is 0 Å². The van der Waals surface area contributed by atoms with Crippen molar-refractivity contribution in [3.05, 3.63) is 0 Å². The van der Waals surface area contributed by atoms with Gasteiger partial charge in [0.05, 0.1) is 13.2 Å². The van der Waals surface area contributed by atoms with Crippen molar-refractivity contribution in [1.82, 2.24) is 0 Å². The Kier molecular flexibility index (Phi) is 4.63. The lowest BCUT2D eigenvalue weighted by molar-refractivity contribution is -0.235. The molecule has 0 aromatic rings. The number of aliphatic hydroxyl groups is 4. The van der Waals surface area contributed by atoms with Gasteiger partial charge < -0.3 is 29.9 Å². The number of aliphatic hydroxyl groups excluding tert-OH is 4. The van der Waals surface area contributed by atoms with Gasteiger partial charge in [0.25, 0.3) is 0 Å². The summed E-state index contributed by atoms with van der Waals surface area (Å²) in [5.74, 6) is -0.834. The van der Waals surface area contributed by atoms with Gasteiger partial charge >= 0.3 is 5.97 Å². The van der Waals surface area contributed by atoms with Crippen LogP contribution in [0.5, 0.6) is 0 Å². The minimum atomic E-state index is -1.57. The molecule has 5 atom stereocenters. The molecule has 1 saturated heterocycles. The fraction of sp³-hybridized carbons (Fsp3) is 0.889. The van der Waals surface area contributed by atoms with Gasteiger partial charge in [-0.25, -0.2) is 4.79 Å². The monoisotopic (exact) mass is 236 g/mol. The topological polar surface area (TPSA) is 116 Å². The predicted octanol–water partition coefficient (Wildman–Crippen LogP) is -2.61. The summed E-state index contributed by atoms with van der Waals surface area (Å²) >= 11 is 0. The van der Waals surface area contributed by atoms with Gasteiger partial charge in [-0.1, -0.05) is 0 Å². The fourth-order valence-corrected chi connectivity index (χ4v) is 1.52. The second-order valence-electron chi connectivity index (χ2n) is 3.50. The van der Waals surface area contributed by atoms with E-state index < -0.39 is 43.1 Å². The van der Waals surface area contributed by atoms with E-state index in [1.807, 2.05) is 0 Å². The Balaban J connectivity index is 2.74. The average molecular weight is 236 g/mol. The van der Waals surface area contributed by atoms with Crippen molar-refractivity contribution in [2.24, 2.45) is 0 Å². The number of ether oxygens (including phenoxy) is 2. The maximum absolute atomic E-state index is 11.3. The molecule has 0 amide bonds. The van der Waals surface area contributed by atoms with Crippen molar-refractivity contribution < 1.29 is 34.7 Å². The van der Waals surface area contributed by atoms with Crippen LogP contribution in [0.2, 0.25) is 0 Å². The molecule has 1 aliphatic heterocycles. The van der Waals surface area contributed by atoms with Crippen molar-refractivity contribution in [1.29, 1.82) is 0 Å². The van der Waals surface area contributed by atoms with Gasteiger partial charge in [0, 0.05) is 0 Å². The minimum absolute atomic E-state index is 0.105. The van der Waals surface area contributed by atoms with Gasteiger partial charge in [0.1, 0.15) is 24.4 Å². The zero-order valence-corrected chi connectivity index (χ0v) is 8.81. The molecular formula is C9H16O7. The summed E-state index contributed by atoms with van der Waals surface area (Å²) < 4.78 is 9.59. The summed E-state index contributed by atoms with van der Waals surface area (Å²) in [5.41, 5.74) is 0. The highest BCUT2D eigenvalue weighted by Crippen LogP contribution is 2.21. The van der Waals surface area contributed by atoms with E-state index in [0.717, 1.165) is 0 Å². The van der Waals surface area contributed by atoms with E-state index >= 15 is 0 Å². The zero-order chi connectivity index (χ0) is 12.3. The predicted molar refractivity (Wildman–Crippen MR) is 50.4 cm³/mol. The summed E-state index contributed by atoms with van der Waals surface area (Å²) in [6, 6.07) is 0. The Morgan fingerprint density at radius 3 is 2.38 bits per heavy atom. The first-order chi connectivity index (χ1) is 7.52. The molecule has 7 heteroatoms. The summed E-state index contributed by atoms with van der Waals surface area (Å²) in [6.45, 7) is 1.12. The zero-order valence-electron chi connectivity index (χ0n) is 8.81. The lowest BCUT2D eigenvalue weighted by Crippen LogP contribution is -2.60. The molecule has 16 heavy (non-hydrogen) atoms. The quantitative estimate of drug-likeness (QED) is 0.397. The first-order valence-electron chi connectivity index (χ1n) is 5.00. The maximum Gasteiger partial charge on any atom is 0.338 e. The van der Waals surface area contributed by atoms with Crippen molar-refractivity contribution >= 4 is 5.97 Å². The van der Waals surface area contributed by atoms with Crippen LogP contribution in [0.1, 0.15) is 6.92 Å². The van der Waals surface area contributed by atoms with E-state index in [9.17, 15) is 20.1 Å². The van der Waals surface area contributed by atoms with E-state index in [2.05, 4.69) is 4.74 Å². The smallest absolute Gasteiger partial charge is 0.338 e. The molecule has 0 saturated carbocycles. The minimum Gasteiger partial charge on any atom is -0.464 e. The fourth-order valence-electron chi connectivity index (χ4n) is 1.52. The molecule has 1 aliphatic rings. The Labute approximate surface area is 92.2 Å². The van der Waals surface area contributed by atoms with E-state index in [-0.39, 0.29) is 6.61 Å². The largest absolute Gasteiger partial charge is 0.464 e. The van der Waals surface area contributed by atoms with Gasteiger partial charge in [0.2, 0.25) is 0 Å². The molecule has 0 radical (unpaired) electrons. The lowest BCUT2D eigenvalue weighted by Gasteiger charge is -2.38. The average Bonchev–Trinajstić information content (AvgIpc) is 2.27. The molecule has 7 nitrogen and oxygen atoms in total. The number of carbonyl (C=O) groups is 1. The van der Waals surface area contributed by atoms with Crippen LogP contribution in [0.4, 0.5) is 0 Å². The van der Waals surface area contributed by atoms with E-state index in [1.165, 1.54) is 0 Å². The molecule has 4 N–H and O–H groups in total. The molecule has 0 bridgehead atoms. The van der Waals surface area contributed by atoms with E-state index in [0.29, 0.717) is 0 Å². The van der Waals surface area contributed by atoms with E-state index in [4.69, 9.17) is 9.84 Å². The third-order valence-electron chi connectivity index (χ3n) is 2.41. The van der Waals surface area contributed by atoms with Crippen LogP contribution in [-0.4, -0.2) is 70.1 Å². The summed E-state index contributed by atoms with van der Waals surface area (Å²) in [7, 11) is 0. The summed E-state index contributed by atoms with van der Waals surface area (Å²) in [4.78, 5) is 11.3. The molecule has 4 unspecified atom stereocenters. The summed E-state index contributed by atoms with van der Waals surface area (Å²) in [5, 5.41) is 37.2. The number of carbonyl (C=O) groups excluding carboxylic acids is 1. The lowest BCUT2D eigenvalue weighted by atomic mass is 9.95. The molecule has 0 aromatic carbocycles. The molecule has 94 valence electrons. The van der Waals surface area contributed by atoms with Crippen molar-refractivity contribution in [2.75, 3.05) is 13.2 Å². The molecule has 0 spiro atoms. The molecule has 1 rings (SSSR count). The van der Waals surface area contributed by atoms with E-state index in [1.54, 1.807) is 6.92 Å². The van der Waals surface area contributed by atoms with Crippen LogP contribution >= 0.6 is 0 Å². The first-order valence-corrected chi connectivity index (χ1v) is 5.00. The highest BCUT2D eigenvalue weighted by Gasteiger charge is 2.47. The van der Waals surface area contributed by atoms with Gasteiger partial charge in [-0.2, -0.15) is 0 Å². The molecule has 1 heterocycles. The van der Waals surface area contributed by atoms with Crippen molar-refractivity contribution in [2.45, 2.75) is 37.4 Å². The molecule has 0 aliphatic carbocycles. The van der Waals surface area contributed by atoms with Crippen LogP contribution in [0, 0.1) is 0 Å². The summed E-state index contributed by atoms with van der Waals surface area (Å²) in [6.07, 6.45) is -7.08. The Bertz CT molecular complexity index is 242. The SMILES string of the molecule is CCOC(=O)C1O[C@H](CO)C(O)C(O)C1O. The van der Waals surface area contributed by atoms with Crippen LogP contribution in [0.25, 0.3) is 0 Å². The van der Waals surface area contributed by atoms with Crippen molar-refractivity contribution in [3.63, 3.8) is 0 Å². The van der Waals surface area contributed by atoms with Crippen LogP contribution in [-0.2, 0) is 14.3 Å². The second-order valence-corrected chi connectivity index (χ2v) is 3.50. The van der Waals surface area contributed by atoms with Gasteiger partial charge in [0.15, 0.2) is 6.10 Å². The highest BCUT2D eigenvalue weighted by molar-refractivity contribution is 5.75. The number of hydrogen-bond acceptors (Lipinski definition) is 7.